The lowest BCUT2D eigenvalue weighted by molar-refractivity contribution is 0.413. The quantitative estimate of drug-likeness (QED) is 0.847. The van der Waals surface area contributed by atoms with Gasteiger partial charge in [0.2, 0.25) is 5.89 Å². The van der Waals surface area contributed by atoms with Crippen LogP contribution in [0.25, 0.3) is 0 Å². The van der Waals surface area contributed by atoms with Crippen LogP contribution in [0.4, 0.5) is 0 Å². The third-order valence-corrected chi connectivity index (χ3v) is 2.80. The minimum Gasteiger partial charge on any atom is -0.497 e. The molecule has 5 heteroatoms. The van der Waals surface area contributed by atoms with E-state index in [1.165, 1.54) is 5.56 Å². The molecule has 0 fully saturated rings. The van der Waals surface area contributed by atoms with E-state index in [0.29, 0.717) is 23.1 Å². The van der Waals surface area contributed by atoms with Crippen molar-refractivity contribution in [2.45, 2.75) is 19.3 Å². The van der Waals surface area contributed by atoms with E-state index < -0.39 is 0 Å². The molecule has 2 rings (SSSR count). The van der Waals surface area contributed by atoms with Crippen LogP contribution < -0.4 is 4.74 Å². The van der Waals surface area contributed by atoms with Crippen LogP contribution in [0.1, 0.15) is 24.3 Å². The Bertz CT molecular complexity index is 547. The minimum atomic E-state index is 0.298. The maximum Gasteiger partial charge on any atom is 0.284 e. The number of hydrogen-bond donors (Lipinski definition) is 1. The van der Waals surface area contributed by atoms with Crippen LogP contribution >= 0.6 is 12.2 Å². The maximum atomic E-state index is 5.25. The van der Waals surface area contributed by atoms with E-state index in [-0.39, 0.29) is 0 Å². The molecule has 0 saturated heterocycles. The van der Waals surface area contributed by atoms with Crippen molar-refractivity contribution >= 4 is 12.2 Å². The Morgan fingerprint density at radius 2 is 2.35 bits per heavy atom. The van der Waals surface area contributed by atoms with Gasteiger partial charge in [-0.2, -0.15) is 0 Å². The zero-order chi connectivity index (χ0) is 12.3. The smallest absolute Gasteiger partial charge is 0.284 e. The molecule has 1 atom stereocenters. The normalized spacial score (nSPS) is 12.4. The zero-order valence-corrected chi connectivity index (χ0v) is 10.6. The van der Waals surface area contributed by atoms with E-state index in [1.54, 1.807) is 7.11 Å². The summed E-state index contributed by atoms with van der Waals surface area (Å²) in [5.41, 5.74) is 1.19. The lowest BCUT2D eigenvalue weighted by Gasteiger charge is -2.10. The van der Waals surface area contributed by atoms with Gasteiger partial charge >= 0.3 is 0 Å². The first-order chi connectivity index (χ1) is 8.19. The summed E-state index contributed by atoms with van der Waals surface area (Å²) in [6.07, 6.45) is 0.709. The number of H-pyrrole nitrogens is 1. The fraction of sp³-hybridized carbons (Fsp3) is 0.333. The summed E-state index contributed by atoms with van der Waals surface area (Å²) in [5, 5.41) is 6.62. The Balaban J connectivity index is 2.13. The molecule has 1 N–H and O–H groups in total. The summed E-state index contributed by atoms with van der Waals surface area (Å²) in [6, 6.07) is 7.99. The van der Waals surface area contributed by atoms with Gasteiger partial charge in [-0.25, -0.2) is 5.10 Å². The van der Waals surface area contributed by atoms with Gasteiger partial charge in [0, 0.05) is 6.42 Å². The standard InChI is InChI=1S/C12H14N2O2S/c1-8(6-11-13-14-12(17)16-11)9-4-3-5-10(7-9)15-2/h3-5,7-8H,6H2,1-2H3,(H,14,17). The molecule has 0 aliphatic heterocycles. The monoisotopic (exact) mass is 250 g/mol. The Labute approximate surface area is 105 Å². The lowest BCUT2D eigenvalue weighted by Crippen LogP contribution is -1.99. The highest BCUT2D eigenvalue weighted by atomic mass is 32.1. The van der Waals surface area contributed by atoms with E-state index >= 15 is 0 Å². The lowest BCUT2D eigenvalue weighted by atomic mass is 9.98. The second-order valence-electron chi connectivity index (χ2n) is 3.89. The van der Waals surface area contributed by atoms with Gasteiger partial charge in [-0.05, 0) is 35.8 Å². The van der Waals surface area contributed by atoms with Crippen LogP contribution in [0.3, 0.4) is 0 Å². The number of hydrogen-bond acceptors (Lipinski definition) is 4. The Kier molecular flexibility index (Phi) is 3.58. The zero-order valence-electron chi connectivity index (χ0n) is 9.77. The molecule has 0 amide bonds. The molecule has 17 heavy (non-hydrogen) atoms. The van der Waals surface area contributed by atoms with Gasteiger partial charge in [0.25, 0.3) is 4.84 Å². The molecule has 4 nitrogen and oxygen atoms in total. The molecule has 2 aromatic rings. The fourth-order valence-corrected chi connectivity index (χ4v) is 1.82. The topological polar surface area (TPSA) is 51.0 Å². The summed E-state index contributed by atoms with van der Waals surface area (Å²) in [4.78, 5) is 0.317. The summed E-state index contributed by atoms with van der Waals surface area (Å²) in [6.45, 7) is 2.11. The Hall–Kier alpha value is -1.62. The average molecular weight is 250 g/mol. The molecule has 1 heterocycles. The molecule has 0 aliphatic rings. The van der Waals surface area contributed by atoms with Crippen LogP contribution in [0.2, 0.25) is 0 Å². The van der Waals surface area contributed by atoms with Crippen molar-refractivity contribution in [2.75, 3.05) is 7.11 Å². The van der Waals surface area contributed by atoms with Gasteiger partial charge in [0.1, 0.15) is 5.75 Å². The van der Waals surface area contributed by atoms with E-state index in [1.807, 2.05) is 18.2 Å². The number of aromatic amines is 1. The number of aromatic nitrogens is 2. The van der Waals surface area contributed by atoms with Gasteiger partial charge in [-0.15, -0.1) is 5.10 Å². The minimum absolute atomic E-state index is 0.298. The van der Waals surface area contributed by atoms with Crippen LogP contribution in [0.15, 0.2) is 28.7 Å². The molecule has 1 aromatic heterocycles. The Morgan fingerprint density at radius 1 is 1.53 bits per heavy atom. The largest absolute Gasteiger partial charge is 0.497 e. The third kappa shape index (κ3) is 2.94. The summed E-state index contributed by atoms with van der Waals surface area (Å²) < 4.78 is 10.4. The van der Waals surface area contributed by atoms with Gasteiger partial charge < -0.3 is 9.15 Å². The average Bonchev–Trinajstić information content (AvgIpc) is 2.75. The van der Waals surface area contributed by atoms with Crippen molar-refractivity contribution in [3.8, 4) is 5.75 Å². The van der Waals surface area contributed by atoms with Crippen LogP contribution in [0.5, 0.6) is 5.75 Å². The SMILES string of the molecule is COc1cccc(C(C)Cc2n[nH]c(=S)o2)c1. The van der Waals surface area contributed by atoms with Crippen LogP contribution in [-0.2, 0) is 6.42 Å². The molecule has 0 saturated carbocycles. The third-order valence-electron chi connectivity index (χ3n) is 2.63. The van der Waals surface area contributed by atoms with Crippen molar-refractivity contribution in [1.29, 1.82) is 0 Å². The molecule has 1 aromatic carbocycles. The van der Waals surface area contributed by atoms with Crippen molar-refractivity contribution in [3.63, 3.8) is 0 Å². The van der Waals surface area contributed by atoms with Gasteiger partial charge in [0.15, 0.2) is 0 Å². The molecular weight excluding hydrogens is 236 g/mol. The Morgan fingerprint density at radius 3 is 3.00 bits per heavy atom. The van der Waals surface area contributed by atoms with Crippen molar-refractivity contribution in [1.82, 2.24) is 10.2 Å². The summed E-state index contributed by atoms with van der Waals surface area (Å²) in [5.74, 6) is 1.79. The first-order valence-electron chi connectivity index (χ1n) is 5.37. The number of nitrogens with zero attached hydrogens (tertiary/aromatic N) is 1. The molecular formula is C12H14N2O2S. The first-order valence-corrected chi connectivity index (χ1v) is 5.78. The molecule has 0 spiro atoms. The highest BCUT2D eigenvalue weighted by Gasteiger charge is 2.10. The summed E-state index contributed by atoms with van der Waals surface area (Å²) >= 11 is 4.84. The van der Waals surface area contributed by atoms with Gasteiger partial charge in [-0.3, -0.25) is 0 Å². The number of nitrogens with one attached hydrogen (secondary N) is 1. The number of benzene rings is 1. The van der Waals surface area contributed by atoms with Crippen LogP contribution in [-0.4, -0.2) is 17.3 Å². The fourth-order valence-electron chi connectivity index (χ4n) is 1.68. The number of ether oxygens (including phenoxy) is 1. The van der Waals surface area contributed by atoms with Crippen molar-refractivity contribution in [3.05, 3.63) is 40.6 Å². The molecule has 90 valence electrons. The predicted octanol–water partition coefficient (Wildman–Crippen LogP) is 3.09. The van der Waals surface area contributed by atoms with E-state index in [2.05, 4.69) is 23.2 Å². The molecule has 0 radical (unpaired) electrons. The van der Waals surface area contributed by atoms with E-state index in [9.17, 15) is 0 Å². The molecule has 0 aliphatic carbocycles. The molecule has 1 unspecified atom stereocenters. The highest BCUT2D eigenvalue weighted by Crippen LogP contribution is 2.23. The van der Waals surface area contributed by atoms with Gasteiger partial charge in [0.05, 0.1) is 7.11 Å². The number of rotatable bonds is 4. The van der Waals surface area contributed by atoms with Crippen LogP contribution in [0, 0.1) is 4.84 Å². The second kappa shape index (κ2) is 5.14. The van der Waals surface area contributed by atoms with Crippen molar-refractivity contribution in [2.24, 2.45) is 0 Å². The highest BCUT2D eigenvalue weighted by molar-refractivity contribution is 7.71. The van der Waals surface area contributed by atoms with E-state index in [4.69, 9.17) is 21.4 Å². The maximum absolute atomic E-state index is 5.25. The second-order valence-corrected chi connectivity index (χ2v) is 4.26. The first kappa shape index (κ1) is 11.9. The molecule has 0 bridgehead atoms. The summed E-state index contributed by atoms with van der Waals surface area (Å²) in [7, 11) is 1.66. The predicted molar refractivity (Wildman–Crippen MR) is 66.8 cm³/mol. The number of methoxy groups -OCH3 is 1. The van der Waals surface area contributed by atoms with Gasteiger partial charge in [-0.1, -0.05) is 19.1 Å². The van der Waals surface area contributed by atoms with Crippen molar-refractivity contribution < 1.29 is 9.15 Å². The van der Waals surface area contributed by atoms with E-state index in [0.717, 1.165) is 5.75 Å².